The highest BCUT2D eigenvalue weighted by Gasteiger charge is 2.34. The Bertz CT molecular complexity index is 934. The van der Waals surface area contributed by atoms with Crippen LogP contribution in [0, 0.1) is 6.92 Å². The third kappa shape index (κ3) is 3.12. The molecule has 1 aliphatic heterocycles. The van der Waals surface area contributed by atoms with Gasteiger partial charge in [0.15, 0.2) is 0 Å². The lowest BCUT2D eigenvalue weighted by atomic mass is 9.99. The monoisotopic (exact) mass is 395 g/mol. The summed E-state index contributed by atoms with van der Waals surface area (Å²) in [5.74, 6) is 0.108. The van der Waals surface area contributed by atoms with Crippen molar-refractivity contribution >= 4 is 21.8 Å². The molecule has 1 aromatic heterocycles. The van der Waals surface area contributed by atoms with Gasteiger partial charge >= 0.3 is 0 Å². The van der Waals surface area contributed by atoms with Gasteiger partial charge in [-0.05, 0) is 30.2 Å². The number of nitrogens with zero attached hydrogens (tertiary/aromatic N) is 3. The molecule has 3 aromatic rings. The van der Waals surface area contributed by atoms with Crippen LogP contribution in [-0.4, -0.2) is 20.4 Å². The van der Waals surface area contributed by atoms with Crippen molar-refractivity contribution in [3.05, 3.63) is 87.9 Å². The number of rotatable bonds is 3. The molecule has 5 heteroatoms. The second kappa shape index (κ2) is 6.48. The van der Waals surface area contributed by atoms with Gasteiger partial charge in [0.05, 0.1) is 24.3 Å². The maximum Gasteiger partial charge on any atom is 0.243 e. The van der Waals surface area contributed by atoms with E-state index in [1.807, 2.05) is 33.9 Å². The van der Waals surface area contributed by atoms with E-state index < -0.39 is 0 Å². The van der Waals surface area contributed by atoms with Gasteiger partial charge in [-0.15, -0.1) is 0 Å². The minimum Gasteiger partial charge on any atom is -0.324 e. The summed E-state index contributed by atoms with van der Waals surface area (Å²) in [5.41, 5.74) is 4.47. The number of hydrogen-bond acceptors (Lipinski definition) is 2. The van der Waals surface area contributed by atoms with Crippen molar-refractivity contribution in [1.29, 1.82) is 0 Å². The first-order valence-electron chi connectivity index (χ1n) is 8.22. The zero-order valence-electron chi connectivity index (χ0n) is 13.9. The average Bonchev–Trinajstić information content (AvgIpc) is 3.03. The molecule has 1 amide bonds. The van der Waals surface area contributed by atoms with Gasteiger partial charge in [0.2, 0.25) is 5.91 Å². The normalized spacial score (nSPS) is 16.8. The number of hydrogen-bond donors (Lipinski definition) is 0. The zero-order chi connectivity index (χ0) is 17.4. The molecule has 4 nitrogen and oxygen atoms in total. The second-order valence-corrected chi connectivity index (χ2v) is 7.33. The van der Waals surface area contributed by atoms with E-state index in [9.17, 15) is 4.79 Å². The van der Waals surface area contributed by atoms with Crippen molar-refractivity contribution in [2.75, 3.05) is 0 Å². The Balaban J connectivity index is 1.78. The number of carbonyl (C=O) groups is 1. The Labute approximate surface area is 155 Å². The Morgan fingerprint density at radius 3 is 2.84 bits per heavy atom. The number of halogens is 1. The SMILES string of the molecule is Cc1cccc(CN2C(=O)Cn3cncc3C2c2cccc(Br)c2)c1. The second-order valence-electron chi connectivity index (χ2n) is 6.41. The van der Waals surface area contributed by atoms with Crippen LogP contribution in [-0.2, 0) is 17.9 Å². The number of benzene rings is 2. The fraction of sp³-hybridized carbons (Fsp3) is 0.200. The molecule has 0 saturated carbocycles. The number of fused-ring (bicyclic) bond motifs is 1. The van der Waals surface area contributed by atoms with Crippen molar-refractivity contribution in [2.24, 2.45) is 0 Å². The fourth-order valence-corrected chi connectivity index (χ4v) is 3.86. The lowest BCUT2D eigenvalue weighted by Crippen LogP contribution is -2.42. The molecule has 0 spiro atoms. The number of amides is 1. The van der Waals surface area contributed by atoms with Crippen molar-refractivity contribution < 1.29 is 4.79 Å². The lowest BCUT2D eigenvalue weighted by molar-refractivity contribution is -0.136. The summed E-state index contributed by atoms with van der Waals surface area (Å²) in [4.78, 5) is 19.1. The molecule has 0 fully saturated rings. The van der Waals surface area contributed by atoms with Crippen molar-refractivity contribution in [3.8, 4) is 0 Å². The molecule has 4 rings (SSSR count). The number of aryl methyl sites for hydroxylation is 1. The van der Waals surface area contributed by atoms with Crippen LogP contribution in [0.15, 0.2) is 65.5 Å². The molecule has 1 aliphatic rings. The molecule has 1 unspecified atom stereocenters. The van der Waals surface area contributed by atoms with Crippen LogP contribution in [0.3, 0.4) is 0 Å². The van der Waals surface area contributed by atoms with Crippen molar-refractivity contribution in [3.63, 3.8) is 0 Å². The van der Waals surface area contributed by atoms with E-state index in [0.717, 1.165) is 21.3 Å². The van der Waals surface area contributed by atoms with Crippen LogP contribution >= 0.6 is 15.9 Å². The Morgan fingerprint density at radius 2 is 2.04 bits per heavy atom. The van der Waals surface area contributed by atoms with Gasteiger partial charge in [0.1, 0.15) is 6.54 Å². The quantitative estimate of drug-likeness (QED) is 0.669. The van der Waals surface area contributed by atoms with Crippen molar-refractivity contribution in [1.82, 2.24) is 14.5 Å². The van der Waals surface area contributed by atoms with Crippen LogP contribution in [0.4, 0.5) is 0 Å². The number of carbonyl (C=O) groups excluding carboxylic acids is 1. The molecule has 0 N–H and O–H groups in total. The summed E-state index contributed by atoms with van der Waals surface area (Å²) in [6.45, 7) is 3.00. The molecular weight excluding hydrogens is 378 g/mol. The Kier molecular flexibility index (Phi) is 4.17. The molecule has 126 valence electrons. The summed E-state index contributed by atoms with van der Waals surface area (Å²) >= 11 is 3.55. The van der Waals surface area contributed by atoms with Gasteiger partial charge in [-0.1, -0.05) is 57.9 Å². The largest absolute Gasteiger partial charge is 0.324 e. The smallest absolute Gasteiger partial charge is 0.243 e. The first-order chi connectivity index (χ1) is 12.1. The first kappa shape index (κ1) is 16.1. The molecule has 0 bridgehead atoms. The van der Waals surface area contributed by atoms with Crippen molar-refractivity contribution in [2.45, 2.75) is 26.1 Å². The molecule has 25 heavy (non-hydrogen) atoms. The van der Waals surface area contributed by atoms with Gasteiger partial charge in [-0.3, -0.25) is 4.79 Å². The van der Waals surface area contributed by atoms with E-state index >= 15 is 0 Å². The summed E-state index contributed by atoms with van der Waals surface area (Å²) in [6, 6.07) is 16.3. The van der Waals surface area contributed by atoms with Gasteiger partial charge < -0.3 is 9.47 Å². The number of aromatic nitrogens is 2. The highest BCUT2D eigenvalue weighted by atomic mass is 79.9. The Hall–Kier alpha value is -2.40. The summed E-state index contributed by atoms with van der Waals surface area (Å²) in [7, 11) is 0. The summed E-state index contributed by atoms with van der Waals surface area (Å²) in [6.07, 6.45) is 3.60. The summed E-state index contributed by atoms with van der Waals surface area (Å²) in [5, 5.41) is 0. The molecule has 0 aliphatic carbocycles. The number of imidazole rings is 1. The minimum atomic E-state index is -0.137. The van der Waals surface area contributed by atoms with Crippen LogP contribution < -0.4 is 0 Å². The average molecular weight is 396 g/mol. The molecule has 0 radical (unpaired) electrons. The maximum absolute atomic E-state index is 12.9. The van der Waals surface area contributed by atoms with Gasteiger partial charge in [-0.25, -0.2) is 4.98 Å². The third-order valence-corrected chi connectivity index (χ3v) is 5.06. The maximum atomic E-state index is 12.9. The van der Waals surface area contributed by atoms with Gasteiger partial charge in [0, 0.05) is 11.0 Å². The van der Waals surface area contributed by atoms with E-state index in [-0.39, 0.29) is 11.9 Å². The van der Waals surface area contributed by atoms with Crippen LogP contribution in [0.5, 0.6) is 0 Å². The molecular formula is C20H18BrN3O. The van der Waals surface area contributed by atoms with Gasteiger partial charge in [-0.2, -0.15) is 0 Å². The summed E-state index contributed by atoms with van der Waals surface area (Å²) < 4.78 is 2.95. The van der Waals surface area contributed by atoms with E-state index in [1.54, 1.807) is 6.33 Å². The standard InChI is InChI=1S/C20H18BrN3O/c1-14-4-2-5-15(8-14)11-24-19(25)12-23-13-22-10-18(23)20(24)16-6-3-7-17(21)9-16/h2-10,13,20H,11-12H2,1H3. The predicted molar refractivity (Wildman–Crippen MR) is 99.9 cm³/mol. The molecule has 2 aromatic carbocycles. The highest BCUT2D eigenvalue weighted by Crippen LogP contribution is 2.34. The van der Waals surface area contributed by atoms with Gasteiger partial charge in [0.25, 0.3) is 0 Å². The van der Waals surface area contributed by atoms with E-state index in [2.05, 4.69) is 58.2 Å². The third-order valence-electron chi connectivity index (χ3n) is 4.56. The van der Waals surface area contributed by atoms with Crippen LogP contribution in [0.1, 0.15) is 28.4 Å². The molecule has 0 saturated heterocycles. The first-order valence-corrected chi connectivity index (χ1v) is 9.01. The lowest BCUT2D eigenvalue weighted by Gasteiger charge is -2.37. The highest BCUT2D eigenvalue weighted by molar-refractivity contribution is 9.10. The predicted octanol–water partition coefficient (Wildman–Crippen LogP) is 4.09. The Morgan fingerprint density at radius 1 is 1.20 bits per heavy atom. The van der Waals surface area contributed by atoms with E-state index in [1.165, 1.54) is 5.56 Å². The minimum absolute atomic E-state index is 0.108. The van der Waals surface area contributed by atoms with E-state index in [4.69, 9.17) is 0 Å². The van der Waals surface area contributed by atoms with Crippen LogP contribution in [0.25, 0.3) is 0 Å². The van der Waals surface area contributed by atoms with Crippen LogP contribution in [0.2, 0.25) is 0 Å². The molecule has 1 atom stereocenters. The fourth-order valence-electron chi connectivity index (χ4n) is 3.45. The zero-order valence-corrected chi connectivity index (χ0v) is 15.5. The van der Waals surface area contributed by atoms with E-state index in [0.29, 0.717) is 13.1 Å². The molecule has 2 heterocycles. The topological polar surface area (TPSA) is 38.1 Å².